The van der Waals surface area contributed by atoms with Crippen LogP contribution < -0.4 is 0 Å². The lowest BCUT2D eigenvalue weighted by atomic mass is 9.91. The van der Waals surface area contributed by atoms with Crippen molar-refractivity contribution in [3.05, 3.63) is 11.4 Å². The maximum absolute atomic E-state index is 10.9. The van der Waals surface area contributed by atoms with Crippen molar-refractivity contribution in [1.29, 1.82) is 0 Å². The Balaban J connectivity index is 3.93. The van der Waals surface area contributed by atoms with Crippen LogP contribution in [0.2, 0.25) is 0 Å². The van der Waals surface area contributed by atoms with Gasteiger partial charge in [-0.1, -0.05) is 20.8 Å². The fourth-order valence-electron chi connectivity index (χ4n) is 0.309. The third kappa shape index (κ3) is 2.86. The highest BCUT2D eigenvalue weighted by molar-refractivity contribution is 5.86. The molecule has 2 heteroatoms. The van der Waals surface area contributed by atoms with Gasteiger partial charge in [-0.25, -0.2) is 6.57 Å². The van der Waals surface area contributed by atoms with Gasteiger partial charge in [0.15, 0.2) is 0 Å². The molecule has 0 spiro atoms. The Morgan fingerprint density at radius 1 is 1.56 bits per heavy atom. The van der Waals surface area contributed by atoms with Crippen molar-refractivity contribution in [2.75, 3.05) is 6.54 Å². The van der Waals surface area contributed by atoms with Crippen LogP contribution in [0, 0.1) is 12.0 Å². The summed E-state index contributed by atoms with van der Waals surface area (Å²) in [7, 11) is 0. The molecule has 0 N–H and O–H groups in total. The number of ketones is 1. The number of Topliss-reactive ketones (excluding diaryl/α,β-unsaturated/α-hetero) is 1. The molecule has 0 rings (SSSR count). The highest BCUT2D eigenvalue weighted by atomic mass is 16.1. The van der Waals surface area contributed by atoms with Crippen LogP contribution >= 0.6 is 0 Å². The molecule has 0 heterocycles. The first-order valence-electron chi connectivity index (χ1n) is 2.85. The Hall–Kier alpha value is -0.840. The van der Waals surface area contributed by atoms with Crippen LogP contribution in [0.1, 0.15) is 20.8 Å². The van der Waals surface area contributed by atoms with Crippen molar-refractivity contribution in [1.82, 2.24) is 0 Å². The highest BCUT2D eigenvalue weighted by Gasteiger charge is 2.22. The van der Waals surface area contributed by atoms with Gasteiger partial charge in [0.2, 0.25) is 5.78 Å². The molecule has 0 amide bonds. The molecule has 0 unspecified atom stereocenters. The van der Waals surface area contributed by atoms with Crippen LogP contribution in [0.15, 0.2) is 0 Å². The molecule has 9 heavy (non-hydrogen) atoms. The molecule has 0 aromatic heterocycles. The zero-order valence-electron chi connectivity index (χ0n) is 6.06. The first-order chi connectivity index (χ1) is 3.98. The third-order valence-electron chi connectivity index (χ3n) is 1.06. The van der Waals surface area contributed by atoms with Crippen LogP contribution in [0.5, 0.6) is 0 Å². The van der Waals surface area contributed by atoms with E-state index in [0.29, 0.717) is 0 Å². The van der Waals surface area contributed by atoms with E-state index in [1.54, 1.807) is 0 Å². The number of carbonyl (C=O) groups excluding carboxylic acids is 1. The second-order valence-electron chi connectivity index (χ2n) is 2.99. The van der Waals surface area contributed by atoms with E-state index in [2.05, 4.69) is 4.85 Å². The number of carbonyl (C=O) groups is 1. The summed E-state index contributed by atoms with van der Waals surface area (Å²) in [6.07, 6.45) is 0. The summed E-state index contributed by atoms with van der Waals surface area (Å²) in [4.78, 5) is 13.9. The topological polar surface area (TPSA) is 21.4 Å². The number of rotatable bonds is 1. The van der Waals surface area contributed by atoms with E-state index in [0.717, 1.165) is 0 Å². The summed E-state index contributed by atoms with van der Waals surface area (Å²) >= 11 is 0. The average molecular weight is 125 g/mol. The van der Waals surface area contributed by atoms with Gasteiger partial charge in [-0.15, -0.1) is 0 Å². The second kappa shape index (κ2) is 2.63. The second-order valence-corrected chi connectivity index (χ2v) is 2.99. The van der Waals surface area contributed by atoms with Crippen molar-refractivity contribution in [2.24, 2.45) is 5.41 Å². The lowest BCUT2D eigenvalue weighted by Gasteiger charge is -2.11. The SMILES string of the molecule is [C-]#[N+]CC(=O)C(C)(C)C. The third-order valence-corrected chi connectivity index (χ3v) is 1.06. The van der Waals surface area contributed by atoms with Gasteiger partial charge >= 0.3 is 0 Å². The molecule has 0 bridgehead atoms. The molecule has 50 valence electrons. The molecule has 0 aliphatic heterocycles. The minimum atomic E-state index is -0.343. The van der Waals surface area contributed by atoms with Crippen molar-refractivity contribution in [3.8, 4) is 0 Å². The molecular weight excluding hydrogens is 114 g/mol. The van der Waals surface area contributed by atoms with Gasteiger partial charge < -0.3 is 4.85 Å². The van der Waals surface area contributed by atoms with Gasteiger partial charge in [-0.05, 0) is 0 Å². The Morgan fingerprint density at radius 3 is 2.11 bits per heavy atom. The Labute approximate surface area is 55.7 Å². The molecule has 0 saturated carbocycles. The average Bonchev–Trinajstić information content (AvgIpc) is 1.64. The monoisotopic (exact) mass is 125 g/mol. The van der Waals surface area contributed by atoms with Gasteiger partial charge in [-0.3, -0.25) is 4.79 Å². The highest BCUT2D eigenvalue weighted by Crippen LogP contribution is 2.13. The summed E-state index contributed by atoms with van der Waals surface area (Å²) in [5.41, 5.74) is -0.343. The Morgan fingerprint density at radius 2 is 2.00 bits per heavy atom. The molecule has 0 aromatic rings. The predicted molar refractivity (Wildman–Crippen MR) is 35.9 cm³/mol. The van der Waals surface area contributed by atoms with E-state index < -0.39 is 0 Å². The fourth-order valence-corrected chi connectivity index (χ4v) is 0.309. The number of hydrogen-bond donors (Lipinski definition) is 0. The van der Waals surface area contributed by atoms with Gasteiger partial charge in [-0.2, -0.15) is 0 Å². The van der Waals surface area contributed by atoms with Gasteiger partial charge in [0, 0.05) is 5.41 Å². The van der Waals surface area contributed by atoms with Crippen LogP contribution in [0.4, 0.5) is 0 Å². The molecule has 0 aliphatic carbocycles. The molecule has 0 aromatic carbocycles. The zero-order valence-corrected chi connectivity index (χ0v) is 6.06. The maximum Gasteiger partial charge on any atom is 0.272 e. The van der Waals surface area contributed by atoms with Crippen LogP contribution in [0.3, 0.4) is 0 Å². The fraction of sp³-hybridized carbons (Fsp3) is 0.714. The molecule has 0 atom stereocenters. The van der Waals surface area contributed by atoms with Gasteiger partial charge in [0.25, 0.3) is 6.54 Å². The zero-order chi connectivity index (χ0) is 7.49. The predicted octanol–water partition coefficient (Wildman–Crippen LogP) is 1.52. The summed E-state index contributed by atoms with van der Waals surface area (Å²) in [5.74, 6) is 0.0116. The lowest BCUT2D eigenvalue weighted by Crippen LogP contribution is -2.21. The number of nitrogens with zero attached hydrogens (tertiary/aromatic N) is 1. The summed E-state index contributed by atoms with van der Waals surface area (Å²) < 4.78 is 0. The maximum atomic E-state index is 10.9. The summed E-state index contributed by atoms with van der Waals surface area (Å²) in [6.45, 7) is 11.9. The van der Waals surface area contributed by atoms with Gasteiger partial charge in [0.05, 0.1) is 0 Å². The van der Waals surface area contributed by atoms with Crippen molar-refractivity contribution < 1.29 is 4.79 Å². The minimum absolute atomic E-state index is 0.0116. The van der Waals surface area contributed by atoms with Crippen molar-refractivity contribution in [2.45, 2.75) is 20.8 Å². The van der Waals surface area contributed by atoms with Crippen molar-refractivity contribution in [3.63, 3.8) is 0 Å². The van der Waals surface area contributed by atoms with E-state index in [4.69, 9.17) is 6.57 Å². The van der Waals surface area contributed by atoms with E-state index in [1.807, 2.05) is 20.8 Å². The smallest absolute Gasteiger partial charge is 0.272 e. The molecule has 0 aliphatic rings. The van der Waals surface area contributed by atoms with E-state index in [1.165, 1.54) is 0 Å². The molecule has 0 radical (unpaired) electrons. The van der Waals surface area contributed by atoms with Crippen LogP contribution in [-0.4, -0.2) is 12.3 Å². The molecule has 0 fully saturated rings. The first kappa shape index (κ1) is 8.16. The largest absolute Gasteiger partial charge is 0.309 e. The Kier molecular flexibility index (Phi) is 2.39. The first-order valence-corrected chi connectivity index (χ1v) is 2.85. The minimum Gasteiger partial charge on any atom is -0.309 e. The van der Waals surface area contributed by atoms with Crippen LogP contribution in [0.25, 0.3) is 4.85 Å². The standard InChI is InChI=1S/C7H11NO/c1-7(2,3)6(9)5-8-4/h5H2,1-3H3. The molecule has 0 saturated heterocycles. The van der Waals surface area contributed by atoms with Crippen LogP contribution in [-0.2, 0) is 4.79 Å². The normalized spacial score (nSPS) is 10.4. The molecule has 2 nitrogen and oxygen atoms in total. The van der Waals surface area contributed by atoms with Gasteiger partial charge in [0.1, 0.15) is 0 Å². The van der Waals surface area contributed by atoms with Crippen molar-refractivity contribution >= 4 is 5.78 Å². The van der Waals surface area contributed by atoms with E-state index in [-0.39, 0.29) is 17.7 Å². The molecular formula is C7H11NO. The lowest BCUT2D eigenvalue weighted by molar-refractivity contribution is -0.124. The van der Waals surface area contributed by atoms with E-state index in [9.17, 15) is 4.79 Å². The number of hydrogen-bond acceptors (Lipinski definition) is 1. The summed E-state index contributed by atoms with van der Waals surface area (Å²) in [6, 6.07) is 0. The quantitative estimate of drug-likeness (QED) is 0.487. The van der Waals surface area contributed by atoms with E-state index >= 15 is 0 Å². The summed E-state index contributed by atoms with van der Waals surface area (Å²) in [5, 5.41) is 0. The Bertz CT molecular complexity index is 147.